The third kappa shape index (κ3) is 6.02. The molecule has 3 aliphatic heterocycles. The molecule has 1 aromatic carbocycles. The van der Waals surface area contributed by atoms with Crippen molar-refractivity contribution in [3.05, 3.63) is 42.2 Å². The Balaban J connectivity index is 1.40. The van der Waals surface area contributed by atoms with E-state index in [1.807, 2.05) is 30.3 Å². The van der Waals surface area contributed by atoms with Crippen LogP contribution < -0.4 is 10.6 Å². The van der Waals surface area contributed by atoms with Gasteiger partial charge in [0.05, 0.1) is 19.0 Å². The minimum absolute atomic E-state index is 0.00419. The Morgan fingerprint density at radius 3 is 2.63 bits per heavy atom. The molecule has 4 amide bonds. The van der Waals surface area contributed by atoms with Gasteiger partial charge in [0.25, 0.3) is 5.91 Å². The van der Waals surface area contributed by atoms with Crippen LogP contribution in [0.1, 0.15) is 56.4 Å². The maximum atomic E-state index is 14.1. The Bertz CT molecular complexity index is 1340. The van der Waals surface area contributed by atoms with Gasteiger partial charge in [-0.1, -0.05) is 37.1 Å². The fourth-order valence-corrected chi connectivity index (χ4v) is 5.94. The number of hydrogen-bond donors (Lipinski definition) is 2. The minimum Gasteiger partial charge on any atom is -0.433 e. The van der Waals surface area contributed by atoms with Crippen LogP contribution in [0, 0.1) is 0 Å². The number of esters is 1. The van der Waals surface area contributed by atoms with E-state index in [1.54, 1.807) is 18.0 Å². The number of ether oxygens (including phenoxy) is 2. The number of carbonyl (C=O) groups is 5. The molecule has 2 N–H and O–H groups in total. The second kappa shape index (κ2) is 12.2. The third-order valence-corrected chi connectivity index (χ3v) is 7.95. The van der Waals surface area contributed by atoms with Crippen molar-refractivity contribution < 1.29 is 33.4 Å². The molecule has 0 bridgehead atoms. The van der Waals surface area contributed by atoms with E-state index in [9.17, 15) is 24.0 Å². The summed E-state index contributed by atoms with van der Waals surface area (Å²) in [5.41, 5.74) is 0.220. The normalized spacial score (nSPS) is 26.5. The lowest BCUT2D eigenvalue weighted by molar-refractivity contribution is -0.165. The van der Waals surface area contributed by atoms with Crippen molar-refractivity contribution in [1.82, 2.24) is 25.4 Å². The molecule has 2 aromatic rings. The van der Waals surface area contributed by atoms with Crippen LogP contribution in [-0.2, 0) is 28.7 Å². The number of piperazine rings is 1. The van der Waals surface area contributed by atoms with Gasteiger partial charge in [0.1, 0.15) is 23.8 Å². The predicted octanol–water partition coefficient (Wildman–Crippen LogP) is 1.13. The molecule has 1 aromatic heterocycles. The molecule has 41 heavy (non-hydrogen) atoms. The Morgan fingerprint density at radius 2 is 1.85 bits per heavy atom. The standard InChI is InChI=1S/C29H35N5O7/c1-3-40-29-22(14-24(36)41-29)32-26(37)23-16-33(17(2)35)15-19-9-5-7-11-21(28(39)34(19)23)31-27(38)25-20-10-6-4-8-18(20)12-13-30-25/h4,6,8,10,12-13,19,21-23,29H,3,5,7,9,11,14-16H2,1-2H3,(H,31,38)(H,32,37)/t19-,21-,22?,23-,29?/m0/s1. The number of benzene rings is 1. The van der Waals surface area contributed by atoms with Crippen LogP contribution in [0.5, 0.6) is 0 Å². The SMILES string of the molecule is CCOC1OC(=O)CC1NC(=O)[C@@H]1CN(C(C)=O)C[C@@H]2CCCC[C@H](NC(=O)c3nccc4ccccc34)C(=O)N21. The van der Waals surface area contributed by atoms with Gasteiger partial charge < -0.3 is 29.9 Å². The third-order valence-electron chi connectivity index (χ3n) is 7.95. The first-order valence-corrected chi connectivity index (χ1v) is 14.1. The van der Waals surface area contributed by atoms with E-state index in [0.29, 0.717) is 31.2 Å². The highest BCUT2D eigenvalue weighted by Gasteiger charge is 2.46. The first-order valence-electron chi connectivity index (χ1n) is 14.1. The number of fused-ring (bicyclic) bond motifs is 2. The summed E-state index contributed by atoms with van der Waals surface area (Å²) in [7, 11) is 0. The van der Waals surface area contributed by atoms with E-state index in [-0.39, 0.29) is 37.1 Å². The van der Waals surface area contributed by atoms with Gasteiger partial charge in [0.2, 0.25) is 24.0 Å². The van der Waals surface area contributed by atoms with E-state index < -0.39 is 48.2 Å². The number of aromatic nitrogens is 1. The molecule has 0 saturated carbocycles. The number of nitrogens with one attached hydrogen (secondary N) is 2. The maximum Gasteiger partial charge on any atom is 0.310 e. The molecule has 5 rings (SSSR count). The number of amides is 4. The van der Waals surface area contributed by atoms with Gasteiger partial charge in [-0.05, 0) is 31.2 Å². The van der Waals surface area contributed by atoms with Crippen molar-refractivity contribution in [2.24, 2.45) is 0 Å². The van der Waals surface area contributed by atoms with E-state index >= 15 is 0 Å². The molecule has 3 fully saturated rings. The van der Waals surface area contributed by atoms with Crippen molar-refractivity contribution >= 4 is 40.4 Å². The quantitative estimate of drug-likeness (QED) is 0.496. The topological polar surface area (TPSA) is 147 Å². The Hall–Kier alpha value is -4.06. The molecule has 4 heterocycles. The Morgan fingerprint density at radius 1 is 1.07 bits per heavy atom. The van der Waals surface area contributed by atoms with Crippen molar-refractivity contribution in [3.8, 4) is 0 Å². The summed E-state index contributed by atoms with van der Waals surface area (Å²) in [4.78, 5) is 73.0. The second-order valence-electron chi connectivity index (χ2n) is 10.7. The Labute approximate surface area is 237 Å². The molecular weight excluding hydrogens is 530 g/mol. The predicted molar refractivity (Wildman–Crippen MR) is 146 cm³/mol. The van der Waals surface area contributed by atoms with Gasteiger partial charge in [0.15, 0.2) is 0 Å². The highest BCUT2D eigenvalue weighted by Crippen LogP contribution is 2.27. The summed E-state index contributed by atoms with van der Waals surface area (Å²) in [5.74, 6) is -2.06. The summed E-state index contributed by atoms with van der Waals surface area (Å²) in [6, 6.07) is 6.18. The molecule has 0 radical (unpaired) electrons. The van der Waals surface area contributed by atoms with E-state index in [2.05, 4.69) is 15.6 Å². The smallest absolute Gasteiger partial charge is 0.310 e. The lowest BCUT2D eigenvalue weighted by Crippen LogP contribution is -2.68. The number of cyclic esters (lactones) is 1. The van der Waals surface area contributed by atoms with Gasteiger partial charge in [0, 0.05) is 31.7 Å². The first-order chi connectivity index (χ1) is 19.8. The zero-order valence-corrected chi connectivity index (χ0v) is 23.2. The molecule has 12 heteroatoms. The maximum absolute atomic E-state index is 14.1. The molecule has 3 aliphatic rings. The largest absolute Gasteiger partial charge is 0.433 e. The molecule has 12 nitrogen and oxygen atoms in total. The summed E-state index contributed by atoms with van der Waals surface area (Å²) in [6.45, 7) is 3.76. The number of pyridine rings is 1. The van der Waals surface area contributed by atoms with Crippen LogP contribution in [-0.4, -0.2) is 94.5 Å². The lowest BCUT2D eigenvalue weighted by atomic mass is 9.93. The van der Waals surface area contributed by atoms with Crippen LogP contribution in [0.4, 0.5) is 0 Å². The molecule has 0 spiro atoms. The highest BCUT2D eigenvalue weighted by molar-refractivity contribution is 6.06. The minimum atomic E-state index is -1.02. The van der Waals surface area contributed by atoms with Crippen molar-refractivity contribution in [3.63, 3.8) is 0 Å². The van der Waals surface area contributed by atoms with Crippen molar-refractivity contribution in [1.29, 1.82) is 0 Å². The monoisotopic (exact) mass is 565 g/mol. The van der Waals surface area contributed by atoms with Crippen LogP contribution in [0.3, 0.4) is 0 Å². The number of carbonyl (C=O) groups excluding carboxylic acids is 5. The average Bonchev–Trinajstić information content (AvgIpc) is 3.30. The number of hydrogen-bond acceptors (Lipinski definition) is 8. The van der Waals surface area contributed by atoms with Crippen molar-refractivity contribution in [2.45, 2.75) is 76.4 Å². The van der Waals surface area contributed by atoms with Crippen LogP contribution in [0.15, 0.2) is 36.5 Å². The average molecular weight is 566 g/mol. The van der Waals surface area contributed by atoms with E-state index in [4.69, 9.17) is 9.47 Å². The van der Waals surface area contributed by atoms with E-state index in [1.165, 1.54) is 11.8 Å². The molecule has 218 valence electrons. The first kappa shape index (κ1) is 28.5. The number of nitrogens with zero attached hydrogens (tertiary/aromatic N) is 3. The fourth-order valence-electron chi connectivity index (χ4n) is 5.94. The van der Waals surface area contributed by atoms with Gasteiger partial charge >= 0.3 is 5.97 Å². The molecular formula is C29H35N5O7. The second-order valence-corrected chi connectivity index (χ2v) is 10.7. The van der Waals surface area contributed by atoms with Gasteiger partial charge in [-0.25, -0.2) is 0 Å². The fraction of sp³-hybridized carbons (Fsp3) is 0.517. The summed E-state index contributed by atoms with van der Waals surface area (Å²) in [6.07, 6.45) is 3.03. The zero-order chi connectivity index (χ0) is 29.1. The Kier molecular flexibility index (Phi) is 8.48. The summed E-state index contributed by atoms with van der Waals surface area (Å²) < 4.78 is 10.7. The lowest BCUT2D eigenvalue weighted by Gasteiger charge is -2.48. The highest BCUT2D eigenvalue weighted by atomic mass is 16.7. The summed E-state index contributed by atoms with van der Waals surface area (Å²) in [5, 5.41) is 7.24. The zero-order valence-electron chi connectivity index (χ0n) is 23.2. The molecule has 2 unspecified atom stereocenters. The summed E-state index contributed by atoms with van der Waals surface area (Å²) >= 11 is 0. The van der Waals surface area contributed by atoms with Gasteiger partial charge in [-0.15, -0.1) is 0 Å². The molecule has 0 aliphatic carbocycles. The number of rotatable bonds is 6. The van der Waals surface area contributed by atoms with Crippen molar-refractivity contribution in [2.75, 3.05) is 19.7 Å². The van der Waals surface area contributed by atoms with Crippen LogP contribution in [0.25, 0.3) is 10.8 Å². The van der Waals surface area contributed by atoms with Crippen LogP contribution >= 0.6 is 0 Å². The molecule has 5 atom stereocenters. The van der Waals surface area contributed by atoms with Gasteiger partial charge in [-0.2, -0.15) is 0 Å². The van der Waals surface area contributed by atoms with E-state index in [0.717, 1.165) is 11.8 Å². The van der Waals surface area contributed by atoms with Gasteiger partial charge in [-0.3, -0.25) is 29.0 Å². The molecule has 3 saturated heterocycles. The van der Waals surface area contributed by atoms with Crippen LogP contribution in [0.2, 0.25) is 0 Å².